The number of rotatable bonds is 9. The Bertz CT molecular complexity index is 518. The molecular weight excluding hydrogens is 296 g/mol. The molecule has 1 aromatic rings. The van der Waals surface area contributed by atoms with Crippen LogP contribution in [0.4, 0.5) is 0 Å². The van der Waals surface area contributed by atoms with Crippen LogP contribution in [0.25, 0.3) is 0 Å². The number of hydrogen-bond acceptors (Lipinski definition) is 5. The second-order valence-electron chi connectivity index (χ2n) is 4.26. The monoisotopic (exact) mass is 318 g/mol. The number of benzene rings is 1. The third-order valence-electron chi connectivity index (χ3n) is 2.72. The summed E-state index contributed by atoms with van der Waals surface area (Å²) < 4.78 is 32.4. The lowest BCUT2D eigenvalue weighted by atomic mass is 10.2. The van der Waals surface area contributed by atoms with Gasteiger partial charge in [-0.25, -0.2) is 13.1 Å². The van der Waals surface area contributed by atoms with E-state index in [4.69, 9.17) is 4.74 Å². The van der Waals surface area contributed by atoms with Gasteiger partial charge in [0, 0.05) is 13.1 Å². The minimum atomic E-state index is -3.54. The highest BCUT2D eigenvalue weighted by Crippen LogP contribution is 2.24. The minimum absolute atomic E-state index is 0.192. The van der Waals surface area contributed by atoms with E-state index in [1.165, 1.54) is 7.11 Å². The van der Waals surface area contributed by atoms with Crippen molar-refractivity contribution in [1.82, 2.24) is 10.0 Å². The highest BCUT2D eigenvalue weighted by Gasteiger charge is 2.19. The summed E-state index contributed by atoms with van der Waals surface area (Å²) in [6.07, 6.45) is 2.80. The predicted octanol–water partition coefficient (Wildman–Crippen LogP) is 1.45. The minimum Gasteiger partial charge on any atom is -0.495 e. The molecule has 0 aliphatic rings. The van der Waals surface area contributed by atoms with Crippen LogP contribution < -0.4 is 14.8 Å². The van der Waals surface area contributed by atoms with Gasteiger partial charge in [-0.2, -0.15) is 11.8 Å². The van der Waals surface area contributed by atoms with Crippen LogP contribution >= 0.6 is 11.8 Å². The van der Waals surface area contributed by atoms with E-state index in [1.807, 2.05) is 19.4 Å². The molecule has 0 unspecified atom stereocenters. The number of hydrogen-bond donors (Lipinski definition) is 2. The van der Waals surface area contributed by atoms with Crippen molar-refractivity contribution in [2.45, 2.75) is 17.9 Å². The van der Waals surface area contributed by atoms with E-state index < -0.39 is 10.0 Å². The Morgan fingerprint density at radius 3 is 2.70 bits per heavy atom. The molecule has 114 valence electrons. The third kappa shape index (κ3) is 4.97. The van der Waals surface area contributed by atoms with Gasteiger partial charge in [-0.3, -0.25) is 0 Å². The molecule has 0 spiro atoms. The highest BCUT2D eigenvalue weighted by molar-refractivity contribution is 7.98. The summed E-state index contributed by atoms with van der Waals surface area (Å²) >= 11 is 1.70. The van der Waals surface area contributed by atoms with Crippen molar-refractivity contribution in [3.63, 3.8) is 0 Å². The molecule has 1 aromatic carbocycles. The summed E-state index contributed by atoms with van der Waals surface area (Å²) in [5.74, 6) is 1.29. The van der Waals surface area contributed by atoms with Crippen LogP contribution in [0.3, 0.4) is 0 Å². The maximum atomic E-state index is 12.3. The largest absolute Gasteiger partial charge is 0.495 e. The zero-order valence-electron chi connectivity index (χ0n) is 12.1. The normalized spacial score (nSPS) is 11.6. The quantitative estimate of drug-likeness (QED) is 0.675. The maximum Gasteiger partial charge on any atom is 0.244 e. The number of ether oxygens (including phenoxy) is 1. The van der Waals surface area contributed by atoms with E-state index in [1.54, 1.807) is 23.9 Å². The molecule has 0 heterocycles. The molecule has 0 bridgehead atoms. The van der Waals surface area contributed by atoms with Crippen molar-refractivity contribution in [3.05, 3.63) is 23.8 Å². The number of sulfonamides is 1. The summed E-state index contributed by atoms with van der Waals surface area (Å²) in [7, 11) is -0.246. The lowest BCUT2D eigenvalue weighted by Gasteiger charge is -2.12. The van der Waals surface area contributed by atoms with Crippen LogP contribution in [0.5, 0.6) is 5.75 Å². The second kappa shape index (κ2) is 8.51. The number of methoxy groups -OCH3 is 1. The van der Waals surface area contributed by atoms with E-state index >= 15 is 0 Å². The van der Waals surface area contributed by atoms with Crippen molar-refractivity contribution < 1.29 is 13.2 Å². The lowest BCUT2D eigenvalue weighted by Crippen LogP contribution is -2.26. The molecule has 0 radical (unpaired) electrons. The van der Waals surface area contributed by atoms with Crippen LogP contribution in [-0.2, 0) is 16.6 Å². The number of thioether (sulfide) groups is 1. The Balaban J connectivity index is 2.93. The van der Waals surface area contributed by atoms with Gasteiger partial charge < -0.3 is 10.1 Å². The van der Waals surface area contributed by atoms with Gasteiger partial charge in [0.05, 0.1) is 7.11 Å². The molecule has 2 N–H and O–H groups in total. The Hall–Kier alpha value is -0.760. The molecule has 0 saturated heterocycles. The Labute approximate surface area is 125 Å². The Kier molecular flexibility index (Phi) is 7.36. The zero-order valence-corrected chi connectivity index (χ0v) is 13.7. The molecule has 0 atom stereocenters. The van der Waals surface area contributed by atoms with E-state index in [-0.39, 0.29) is 4.90 Å². The van der Waals surface area contributed by atoms with Gasteiger partial charge in [0.15, 0.2) is 0 Å². The van der Waals surface area contributed by atoms with E-state index in [9.17, 15) is 8.42 Å². The summed E-state index contributed by atoms with van der Waals surface area (Å²) in [5.41, 5.74) is 0.901. The molecule has 0 saturated carbocycles. The van der Waals surface area contributed by atoms with Gasteiger partial charge in [-0.05, 0) is 43.2 Å². The molecular formula is C13H22N2O3S2. The first-order valence-electron chi connectivity index (χ1n) is 6.35. The summed E-state index contributed by atoms with van der Waals surface area (Å²) in [6, 6.07) is 5.18. The molecule has 0 aromatic heterocycles. The molecule has 5 nitrogen and oxygen atoms in total. The zero-order chi connectivity index (χ0) is 15.0. The van der Waals surface area contributed by atoms with Crippen LogP contribution in [0, 0.1) is 0 Å². The maximum absolute atomic E-state index is 12.3. The summed E-state index contributed by atoms with van der Waals surface area (Å²) in [6.45, 7) is 1.04. The molecule has 20 heavy (non-hydrogen) atoms. The fourth-order valence-corrected chi connectivity index (χ4v) is 3.47. The van der Waals surface area contributed by atoms with E-state index in [0.29, 0.717) is 18.8 Å². The smallest absolute Gasteiger partial charge is 0.244 e. The molecule has 0 amide bonds. The standard InChI is InChI=1S/C13H22N2O3S2/c1-14-10-11-5-6-12(18-2)13(9-11)20(16,17)15-7-4-8-19-3/h5-6,9,14-15H,4,7-8,10H2,1-3H3. The van der Waals surface area contributed by atoms with E-state index in [0.717, 1.165) is 17.7 Å². The Morgan fingerprint density at radius 2 is 2.10 bits per heavy atom. The fourth-order valence-electron chi connectivity index (χ4n) is 1.75. The van der Waals surface area contributed by atoms with Gasteiger partial charge in [-0.1, -0.05) is 6.07 Å². The summed E-state index contributed by atoms with van der Waals surface area (Å²) in [5, 5.41) is 3.00. The van der Waals surface area contributed by atoms with E-state index in [2.05, 4.69) is 10.0 Å². The van der Waals surface area contributed by atoms with Crippen molar-refractivity contribution in [2.24, 2.45) is 0 Å². The first-order valence-corrected chi connectivity index (χ1v) is 9.23. The van der Waals surface area contributed by atoms with Crippen molar-refractivity contribution in [3.8, 4) is 5.75 Å². The van der Waals surface area contributed by atoms with Gasteiger partial charge in [0.25, 0.3) is 0 Å². The van der Waals surface area contributed by atoms with Gasteiger partial charge in [-0.15, -0.1) is 0 Å². The Morgan fingerprint density at radius 1 is 1.35 bits per heavy atom. The van der Waals surface area contributed by atoms with Gasteiger partial charge in [0.2, 0.25) is 10.0 Å². The van der Waals surface area contributed by atoms with Gasteiger partial charge in [0.1, 0.15) is 10.6 Å². The van der Waals surface area contributed by atoms with Crippen LogP contribution in [0.15, 0.2) is 23.1 Å². The van der Waals surface area contributed by atoms with Gasteiger partial charge >= 0.3 is 0 Å². The topological polar surface area (TPSA) is 67.4 Å². The van der Waals surface area contributed by atoms with Crippen LogP contribution in [-0.4, -0.2) is 41.1 Å². The second-order valence-corrected chi connectivity index (χ2v) is 6.98. The fraction of sp³-hybridized carbons (Fsp3) is 0.538. The predicted molar refractivity (Wildman–Crippen MR) is 83.9 cm³/mol. The molecule has 0 fully saturated rings. The number of nitrogens with one attached hydrogen (secondary N) is 2. The average Bonchev–Trinajstić information content (AvgIpc) is 2.44. The average molecular weight is 318 g/mol. The van der Waals surface area contributed by atoms with Crippen LogP contribution in [0.1, 0.15) is 12.0 Å². The third-order valence-corrected chi connectivity index (χ3v) is 4.89. The SMILES string of the molecule is CNCc1ccc(OC)c(S(=O)(=O)NCCCSC)c1. The summed E-state index contributed by atoms with van der Waals surface area (Å²) in [4.78, 5) is 0.192. The molecule has 0 aliphatic carbocycles. The van der Waals surface area contributed by atoms with Crippen molar-refractivity contribution in [1.29, 1.82) is 0 Å². The lowest BCUT2D eigenvalue weighted by molar-refractivity contribution is 0.402. The molecule has 0 aliphatic heterocycles. The van der Waals surface area contributed by atoms with Crippen LogP contribution in [0.2, 0.25) is 0 Å². The van der Waals surface area contributed by atoms with Crippen molar-refractivity contribution in [2.75, 3.05) is 32.7 Å². The molecule has 1 rings (SSSR count). The molecule has 7 heteroatoms. The first-order chi connectivity index (χ1) is 9.55. The van der Waals surface area contributed by atoms with Crippen molar-refractivity contribution >= 4 is 21.8 Å². The highest BCUT2D eigenvalue weighted by atomic mass is 32.2. The first kappa shape index (κ1) is 17.3.